The van der Waals surface area contributed by atoms with E-state index in [0.29, 0.717) is 25.5 Å². The van der Waals surface area contributed by atoms with Crippen LogP contribution in [0.1, 0.15) is 24.8 Å². The van der Waals surface area contributed by atoms with Crippen molar-refractivity contribution in [3.8, 4) is 11.5 Å². The van der Waals surface area contributed by atoms with Gasteiger partial charge in [0.25, 0.3) is 0 Å². The van der Waals surface area contributed by atoms with Crippen molar-refractivity contribution in [1.82, 2.24) is 0 Å². The molecule has 0 radical (unpaired) electrons. The molecule has 3 rings (SSSR count). The molecule has 0 unspecified atom stereocenters. The Morgan fingerprint density at radius 2 is 2.05 bits per heavy atom. The lowest BCUT2D eigenvalue weighted by atomic mass is 9.64. The van der Waals surface area contributed by atoms with Crippen LogP contribution in [0.2, 0.25) is 0 Å². The first-order valence-electron chi connectivity index (χ1n) is 6.45. The number of ether oxygens (including phenoxy) is 2. The van der Waals surface area contributed by atoms with Gasteiger partial charge in [0.05, 0.1) is 4.92 Å². The lowest BCUT2D eigenvalue weighted by molar-refractivity contribution is -0.386. The topological polar surface area (TPSA) is 87.6 Å². The van der Waals surface area contributed by atoms with Gasteiger partial charge in [-0.3, -0.25) is 10.1 Å². The summed E-state index contributed by atoms with van der Waals surface area (Å²) in [4.78, 5) is 10.8. The number of hydrogen-bond acceptors (Lipinski definition) is 5. The van der Waals surface area contributed by atoms with E-state index in [9.17, 15) is 10.1 Å². The zero-order valence-electron chi connectivity index (χ0n) is 10.6. The zero-order valence-corrected chi connectivity index (χ0v) is 10.6. The molecule has 1 aliphatic carbocycles. The van der Waals surface area contributed by atoms with Crippen LogP contribution in [0.5, 0.6) is 11.5 Å². The van der Waals surface area contributed by atoms with Gasteiger partial charge in [0.15, 0.2) is 5.75 Å². The fourth-order valence-electron chi connectivity index (χ4n) is 2.79. The number of nitrogens with zero attached hydrogens (tertiary/aromatic N) is 1. The maximum Gasteiger partial charge on any atom is 0.315 e. The summed E-state index contributed by atoms with van der Waals surface area (Å²) < 4.78 is 10.9. The number of rotatable bonds is 3. The Morgan fingerprint density at radius 1 is 1.32 bits per heavy atom. The summed E-state index contributed by atoms with van der Waals surface area (Å²) in [6, 6.07) is 3.45. The molecule has 0 atom stereocenters. The Labute approximate surface area is 110 Å². The van der Waals surface area contributed by atoms with Crippen LogP contribution in [0.4, 0.5) is 5.69 Å². The second kappa shape index (κ2) is 4.38. The number of nitrogens with two attached hydrogens (primary N) is 1. The second-order valence-electron chi connectivity index (χ2n) is 5.11. The Kier molecular flexibility index (Phi) is 2.82. The van der Waals surface area contributed by atoms with Gasteiger partial charge in [-0.2, -0.15) is 0 Å². The van der Waals surface area contributed by atoms with E-state index in [1.807, 2.05) is 6.07 Å². The predicted molar refractivity (Wildman–Crippen MR) is 68.7 cm³/mol. The summed E-state index contributed by atoms with van der Waals surface area (Å²) in [5.74, 6) is 0.710. The highest BCUT2D eigenvalue weighted by molar-refractivity contribution is 5.60. The fourth-order valence-corrected chi connectivity index (χ4v) is 2.79. The van der Waals surface area contributed by atoms with Crippen molar-refractivity contribution >= 4 is 5.69 Å². The molecule has 19 heavy (non-hydrogen) atoms. The molecule has 1 aromatic carbocycles. The van der Waals surface area contributed by atoms with E-state index in [2.05, 4.69) is 0 Å². The molecule has 0 spiro atoms. The van der Waals surface area contributed by atoms with Crippen LogP contribution in [-0.4, -0.2) is 24.7 Å². The minimum atomic E-state index is -0.417. The first-order chi connectivity index (χ1) is 9.16. The number of benzene rings is 1. The number of nitro groups is 1. The highest BCUT2D eigenvalue weighted by Crippen LogP contribution is 2.48. The van der Waals surface area contributed by atoms with Crippen molar-refractivity contribution in [3.63, 3.8) is 0 Å². The average Bonchev–Trinajstić information content (AvgIpc) is 2.37. The monoisotopic (exact) mass is 264 g/mol. The second-order valence-corrected chi connectivity index (χ2v) is 5.11. The van der Waals surface area contributed by atoms with Crippen LogP contribution in [0.25, 0.3) is 0 Å². The maximum atomic E-state index is 11.2. The lowest BCUT2D eigenvalue weighted by Crippen LogP contribution is -2.41. The number of hydrogen-bond donors (Lipinski definition) is 1. The zero-order chi connectivity index (χ0) is 13.5. The van der Waals surface area contributed by atoms with Crippen molar-refractivity contribution in [2.75, 3.05) is 19.8 Å². The summed E-state index contributed by atoms with van der Waals surface area (Å²) in [7, 11) is 0. The Balaban J connectivity index is 2.11. The van der Waals surface area contributed by atoms with Gasteiger partial charge in [0, 0.05) is 18.0 Å². The highest BCUT2D eigenvalue weighted by atomic mass is 16.6. The van der Waals surface area contributed by atoms with E-state index in [0.717, 1.165) is 24.8 Å². The molecule has 1 aromatic rings. The van der Waals surface area contributed by atoms with E-state index in [1.54, 1.807) is 6.07 Å². The van der Waals surface area contributed by atoms with Gasteiger partial charge in [-0.15, -0.1) is 0 Å². The molecule has 0 saturated heterocycles. The first kappa shape index (κ1) is 12.2. The summed E-state index contributed by atoms with van der Waals surface area (Å²) in [6.45, 7) is 1.27. The standard InChI is InChI=1S/C13H16N2O4/c14-8-13(2-1-3-13)9-6-10(15(16)17)12-11(7-9)18-4-5-19-12/h6-7H,1-5,8,14H2. The van der Waals surface area contributed by atoms with Gasteiger partial charge in [-0.1, -0.05) is 6.42 Å². The smallest absolute Gasteiger partial charge is 0.315 e. The lowest BCUT2D eigenvalue weighted by Gasteiger charge is -2.41. The molecular formula is C13H16N2O4. The van der Waals surface area contributed by atoms with Crippen LogP contribution in [0.3, 0.4) is 0 Å². The van der Waals surface area contributed by atoms with Crippen molar-refractivity contribution < 1.29 is 14.4 Å². The summed E-state index contributed by atoms with van der Waals surface area (Å²) in [5.41, 5.74) is 6.62. The average molecular weight is 264 g/mol. The van der Waals surface area contributed by atoms with Gasteiger partial charge in [0.2, 0.25) is 5.75 Å². The third-order valence-electron chi connectivity index (χ3n) is 4.13. The predicted octanol–water partition coefficient (Wildman–Crippen LogP) is 1.75. The van der Waals surface area contributed by atoms with Crippen LogP contribution >= 0.6 is 0 Å². The normalized spacial score (nSPS) is 19.6. The molecule has 1 aliphatic heterocycles. The van der Waals surface area contributed by atoms with Gasteiger partial charge < -0.3 is 15.2 Å². The molecule has 0 aromatic heterocycles. The van der Waals surface area contributed by atoms with Crippen molar-refractivity contribution in [1.29, 1.82) is 0 Å². The summed E-state index contributed by atoms with van der Waals surface area (Å²) in [6.07, 6.45) is 3.06. The molecule has 6 heteroatoms. The Hall–Kier alpha value is -1.82. The van der Waals surface area contributed by atoms with E-state index in [4.69, 9.17) is 15.2 Å². The maximum absolute atomic E-state index is 11.2. The SMILES string of the molecule is NCC1(c2cc3c(c([N+](=O)[O-])c2)OCCO3)CCC1. The summed E-state index contributed by atoms with van der Waals surface area (Å²) in [5, 5.41) is 11.2. The molecule has 0 bridgehead atoms. The van der Waals surface area contributed by atoms with Crippen LogP contribution in [-0.2, 0) is 5.41 Å². The van der Waals surface area contributed by atoms with Crippen LogP contribution in [0.15, 0.2) is 12.1 Å². The van der Waals surface area contributed by atoms with E-state index in [1.165, 1.54) is 0 Å². The van der Waals surface area contributed by atoms with Crippen molar-refractivity contribution in [2.45, 2.75) is 24.7 Å². The Morgan fingerprint density at radius 3 is 2.63 bits per heavy atom. The summed E-state index contributed by atoms with van der Waals surface area (Å²) >= 11 is 0. The molecule has 1 heterocycles. The third-order valence-corrected chi connectivity index (χ3v) is 4.13. The van der Waals surface area contributed by atoms with Gasteiger partial charge in [-0.25, -0.2) is 0 Å². The minimum Gasteiger partial charge on any atom is -0.486 e. The molecule has 102 valence electrons. The van der Waals surface area contributed by atoms with E-state index >= 15 is 0 Å². The van der Waals surface area contributed by atoms with Gasteiger partial charge in [-0.05, 0) is 24.5 Å². The quantitative estimate of drug-likeness (QED) is 0.663. The number of nitro benzene ring substituents is 1. The number of fused-ring (bicyclic) bond motifs is 1. The molecular weight excluding hydrogens is 248 g/mol. The first-order valence-corrected chi connectivity index (χ1v) is 6.45. The molecule has 6 nitrogen and oxygen atoms in total. The van der Waals surface area contributed by atoms with Crippen LogP contribution < -0.4 is 15.2 Å². The van der Waals surface area contributed by atoms with Crippen molar-refractivity contribution in [2.24, 2.45) is 5.73 Å². The van der Waals surface area contributed by atoms with Crippen molar-refractivity contribution in [3.05, 3.63) is 27.8 Å². The molecule has 2 aliphatic rings. The third kappa shape index (κ3) is 1.83. The van der Waals surface area contributed by atoms with Gasteiger partial charge in [0.1, 0.15) is 13.2 Å². The van der Waals surface area contributed by atoms with E-state index < -0.39 is 4.92 Å². The van der Waals surface area contributed by atoms with Gasteiger partial charge >= 0.3 is 5.69 Å². The molecule has 0 amide bonds. The largest absolute Gasteiger partial charge is 0.486 e. The Bertz CT molecular complexity index is 520. The molecule has 1 saturated carbocycles. The highest BCUT2D eigenvalue weighted by Gasteiger charge is 2.40. The minimum absolute atomic E-state index is 0.0214. The molecule has 2 N–H and O–H groups in total. The van der Waals surface area contributed by atoms with Crippen LogP contribution in [0, 0.1) is 10.1 Å². The molecule has 1 fully saturated rings. The fraction of sp³-hybridized carbons (Fsp3) is 0.538. The van der Waals surface area contributed by atoms with E-state index in [-0.39, 0.29) is 16.9 Å².